The molecule has 0 atom stereocenters. The summed E-state index contributed by atoms with van der Waals surface area (Å²) in [5.74, 6) is 0.921. The number of H-pyrrole nitrogens is 1. The third kappa shape index (κ3) is 3.08. The van der Waals surface area contributed by atoms with Crippen LogP contribution in [-0.2, 0) is 4.74 Å². The number of anilines is 1. The van der Waals surface area contributed by atoms with Gasteiger partial charge in [-0.2, -0.15) is 5.10 Å². The number of rotatable bonds is 4. The number of morpholine rings is 1. The van der Waals surface area contributed by atoms with Crippen LogP contribution < -0.4 is 5.32 Å². The van der Waals surface area contributed by atoms with Gasteiger partial charge in [0.1, 0.15) is 0 Å². The van der Waals surface area contributed by atoms with Gasteiger partial charge in [-0.25, -0.2) is 0 Å². The number of nitrogens with zero attached hydrogens (tertiary/aromatic N) is 2. The Balaban J connectivity index is 1.60. The zero-order valence-electron chi connectivity index (χ0n) is 10.7. The number of ether oxygens (including phenoxy) is 1. The standard InChI is InChI=1S/C13H17BrN4O/c14-10-1-2-12-11(9-10)13(17-16-12)15-3-4-18-5-7-19-8-6-18/h1-2,9H,3-8H2,(H2,15,16,17). The Bertz CT molecular complexity index is 551. The predicted octanol–water partition coefficient (Wildman–Crippen LogP) is 2.07. The van der Waals surface area contributed by atoms with Crippen molar-refractivity contribution in [3.63, 3.8) is 0 Å². The molecular weight excluding hydrogens is 308 g/mol. The van der Waals surface area contributed by atoms with Crippen LogP contribution in [0.15, 0.2) is 22.7 Å². The van der Waals surface area contributed by atoms with E-state index in [1.54, 1.807) is 0 Å². The molecule has 2 aromatic rings. The number of hydrogen-bond donors (Lipinski definition) is 2. The lowest BCUT2D eigenvalue weighted by atomic mass is 10.2. The van der Waals surface area contributed by atoms with Crippen LogP contribution in [0.4, 0.5) is 5.82 Å². The lowest BCUT2D eigenvalue weighted by molar-refractivity contribution is 0.0398. The van der Waals surface area contributed by atoms with Gasteiger partial charge in [0.25, 0.3) is 0 Å². The average molecular weight is 325 g/mol. The van der Waals surface area contributed by atoms with Gasteiger partial charge in [-0.1, -0.05) is 15.9 Å². The lowest BCUT2D eigenvalue weighted by Crippen LogP contribution is -2.39. The molecule has 1 aliphatic heterocycles. The summed E-state index contributed by atoms with van der Waals surface area (Å²) in [6.07, 6.45) is 0. The van der Waals surface area contributed by atoms with E-state index in [1.807, 2.05) is 12.1 Å². The fourth-order valence-electron chi connectivity index (χ4n) is 2.28. The molecule has 5 nitrogen and oxygen atoms in total. The first-order valence-corrected chi connectivity index (χ1v) is 7.30. The zero-order chi connectivity index (χ0) is 13.1. The van der Waals surface area contributed by atoms with E-state index in [0.717, 1.165) is 60.6 Å². The normalized spacial score (nSPS) is 16.9. The van der Waals surface area contributed by atoms with Crippen molar-refractivity contribution in [2.45, 2.75) is 0 Å². The summed E-state index contributed by atoms with van der Waals surface area (Å²) in [7, 11) is 0. The number of hydrogen-bond acceptors (Lipinski definition) is 4. The van der Waals surface area contributed by atoms with Crippen molar-refractivity contribution in [2.24, 2.45) is 0 Å². The van der Waals surface area contributed by atoms with Crippen molar-refractivity contribution >= 4 is 32.7 Å². The maximum atomic E-state index is 5.34. The molecule has 0 unspecified atom stereocenters. The number of aromatic amines is 1. The molecule has 102 valence electrons. The van der Waals surface area contributed by atoms with Crippen molar-refractivity contribution < 1.29 is 4.74 Å². The molecule has 3 rings (SSSR count). The smallest absolute Gasteiger partial charge is 0.155 e. The van der Waals surface area contributed by atoms with Crippen molar-refractivity contribution in [1.82, 2.24) is 15.1 Å². The zero-order valence-corrected chi connectivity index (χ0v) is 12.2. The van der Waals surface area contributed by atoms with Crippen LogP contribution in [0, 0.1) is 0 Å². The number of nitrogens with one attached hydrogen (secondary N) is 2. The highest BCUT2D eigenvalue weighted by Crippen LogP contribution is 2.23. The Hall–Kier alpha value is -1.11. The Morgan fingerprint density at radius 2 is 2.21 bits per heavy atom. The van der Waals surface area contributed by atoms with Gasteiger partial charge in [-0.3, -0.25) is 10.00 Å². The van der Waals surface area contributed by atoms with Crippen LogP contribution in [0.2, 0.25) is 0 Å². The average Bonchev–Trinajstić information content (AvgIpc) is 2.83. The molecule has 0 amide bonds. The number of halogens is 1. The minimum atomic E-state index is 0.846. The van der Waals surface area contributed by atoms with E-state index in [2.05, 4.69) is 42.4 Å². The van der Waals surface area contributed by atoms with Gasteiger partial charge >= 0.3 is 0 Å². The first-order valence-electron chi connectivity index (χ1n) is 6.50. The molecule has 0 aliphatic carbocycles. The summed E-state index contributed by atoms with van der Waals surface area (Å²) in [6, 6.07) is 6.12. The molecule has 6 heteroatoms. The molecule has 1 aromatic carbocycles. The third-order valence-electron chi connectivity index (χ3n) is 3.35. The Labute approximate surface area is 120 Å². The van der Waals surface area contributed by atoms with Crippen molar-refractivity contribution in [3.8, 4) is 0 Å². The molecule has 1 aliphatic rings. The van der Waals surface area contributed by atoms with E-state index in [9.17, 15) is 0 Å². The maximum absolute atomic E-state index is 5.34. The lowest BCUT2D eigenvalue weighted by Gasteiger charge is -2.26. The summed E-state index contributed by atoms with van der Waals surface area (Å²) < 4.78 is 6.41. The van der Waals surface area contributed by atoms with Gasteiger partial charge in [-0.05, 0) is 18.2 Å². The highest BCUT2D eigenvalue weighted by Gasteiger charge is 2.10. The maximum Gasteiger partial charge on any atom is 0.155 e. The molecule has 1 aromatic heterocycles. The quantitative estimate of drug-likeness (QED) is 0.904. The van der Waals surface area contributed by atoms with Crippen LogP contribution in [-0.4, -0.2) is 54.5 Å². The molecule has 0 bridgehead atoms. The molecule has 1 fully saturated rings. The van der Waals surface area contributed by atoms with Gasteiger partial charge in [0.05, 0.1) is 18.7 Å². The Morgan fingerprint density at radius 3 is 3.05 bits per heavy atom. The summed E-state index contributed by atoms with van der Waals surface area (Å²) in [5.41, 5.74) is 1.05. The molecule has 0 radical (unpaired) electrons. The van der Waals surface area contributed by atoms with Crippen LogP contribution in [0.5, 0.6) is 0 Å². The Morgan fingerprint density at radius 1 is 1.37 bits per heavy atom. The molecule has 0 spiro atoms. The van der Waals surface area contributed by atoms with E-state index in [-0.39, 0.29) is 0 Å². The first-order chi connectivity index (χ1) is 9.33. The van der Waals surface area contributed by atoms with E-state index in [0.29, 0.717) is 0 Å². The van der Waals surface area contributed by atoms with Gasteiger partial charge in [0.2, 0.25) is 0 Å². The van der Waals surface area contributed by atoms with Crippen LogP contribution in [0.25, 0.3) is 10.9 Å². The minimum absolute atomic E-state index is 0.846. The van der Waals surface area contributed by atoms with Crippen LogP contribution in [0.3, 0.4) is 0 Å². The fourth-order valence-corrected chi connectivity index (χ4v) is 2.64. The van der Waals surface area contributed by atoms with E-state index >= 15 is 0 Å². The van der Waals surface area contributed by atoms with Crippen molar-refractivity contribution in [2.75, 3.05) is 44.7 Å². The topological polar surface area (TPSA) is 53.2 Å². The highest BCUT2D eigenvalue weighted by molar-refractivity contribution is 9.10. The molecule has 0 saturated carbocycles. The number of fused-ring (bicyclic) bond motifs is 1. The van der Waals surface area contributed by atoms with Crippen molar-refractivity contribution in [3.05, 3.63) is 22.7 Å². The van der Waals surface area contributed by atoms with Gasteiger partial charge in [0, 0.05) is 36.0 Å². The number of aromatic nitrogens is 2. The summed E-state index contributed by atoms with van der Waals surface area (Å²) in [5, 5.41) is 11.9. The van der Waals surface area contributed by atoms with Gasteiger partial charge < -0.3 is 10.1 Å². The van der Waals surface area contributed by atoms with E-state index in [4.69, 9.17) is 4.74 Å². The highest BCUT2D eigenvalue weighted by atomic mass is 79.9. The minimum Gasteiger partial charge on any atom is -0.379 e. The van der Waals surface area contributed by atoms with Gasteiger partial charge in [-0.15, -0.1) is 0 Å². The van der Waals surface area contributed by atoms with E-state index in [1.165, 1.54) is 0 Å². The number of benzene rings is 1. The Kier molecular flexibility index (Phi) is 4.00. The molecule has 19 heavy (non-hydrogen) atoms. The molecule has 2 N–H and O–H groups in total. The summed E-state index contributed by atoms with van der Waals surface area (Å²) in [6.45, 7) is 5.65. The molecule has 2 heterocycles. The monoisotopic (exact) mass is 324 g/mol. The van der Waals surface area contributed by atoms with Crippen LogP contribution in [0.1, 0.15) is 0 Å². The van der Waals surface area contributed by atoms with Crippen LogP contribution >= 0.6 is 15.9 Å². The SMILES string of the molecule is Brc1ccc2[nH]nc(NCCN3CCOCC3)c2c1. The van der Waals surface area contributed by atoms with Gasteiger partial charge in [0.15, 0.2) is 5.82 Å². The van der Waals surface area contributed by atoms with Crippen molar-refractivity contribution in [1.29, 1.82) is 0 Å². The largest absolute Gasteiger partial charge is 0.379 e. The summed E-state index contributed by atoms with van der Waals surface area (Å²) in [4.78, 5) is 2.40. The molecular formula is C13H17BrN4O. The fraction of sp³-hybridized carbons (Fsp3) is 0.462. The second kappa shape index (κ2) is 5.90. The predicted molar refractivity (Wildman–Crippen MR) is 79.5 cm³/mol. The second-order valence-electron chi connectivity index (χ2n) is 4.64. The van der Waals surface area contributed by atoms with E-state index < -0.39 is 0 Å². The summed E-state index contributed by atoms with van der Waals surface area (Å²) >= 11 is 3.49. The molecule has 1 saturated heterocycles. The second-order valence-corrected chi connectivity index (χ2v) is 5.56. The third-order valence-corrected chi connectivity index (χ3v) is 3.84. The first kappa shape index (κ1) is 12.9.